The molecule has 0 amide bonds. The predicted octanol–water partition coefficient (Wildman–Crippen LogP) is 2.62. The first-order chi connectivity index (χ1) is 8.28. The first kappa shape index (κ1) is 11.7. The Bertz CT molecular complexity index is 459. The van der Waals surface area contributed by atoms with E-state index in [1.165, 1.54) is 17.0 Å². The SMILES string of the molecule is COc1ccc(CNCc2ccc(C)[nH]2)cc1. The molecule has 0 saturated heterocycles. The highest BCUT2D eigenvalue weighted by Crippen LogP contribution is 2.11. The van der Waals surface area contributed by atoms with Crippen molar-refractivity contribution in [1.82, 2.24) is 10.3 Å². The topological polar surface area (TPSA) is 37.0 Å². The van der Waals surface area contributed by atoms with Crippen LogP contribution in [0.2, 0.25) is 0 Å². The summed E-state index contributed by atoms with van der Waals surface area (Å²) in [5.74, 6) is 0.897. The molecule has 90 valence electrons. The van der Waals surface area contributed by atoms with Gasteiger partial charge in [0.1, 0.15) is 5.75 Å². The molecule has 0 fully saturated rings. The van der Waals surface area contributed by atoms with E-state index >= 15 is 0 Å². The number of ether oxygens (including phenoxy) is 1. The van der Waals surface area contributed by atoms with Crippen LogP contribution >= 0.6 is 0 Å². The van der Waals surface area contributed by atoms with E-state index in [-0.39, 0.29) is 0 Å². The van der Waals surface area contributed by atoms with Crippen LogP contribution < -0.4 is 10.1 Å². The maximum atomic E-state index is 5.12. The van der Waals surface area contributed by atoms with E-state index < -0.39 is 0 Å². The lowest BCUT2D eigenvalue weighted by Crippen LogP contribution is -2.12. The van der Waals surface area contributed by atoms with E-state index in [1.54, 1.807) is 7.11 Å². The molecule has 0 radical (unpaired) electrons. The Kier molecular flexibility index (Phi) is 3.83. The van der Waals surface area contributed by atoms with Crippen molar-refractivity contribution in [3.05, 3.63) is 53.3 Å². The summed E-state index contributed by atoms with van der Waals surface area (Å²) in [6, 6.07) is 12.3. The molecule has 0 aliphatic rings. The molecule has 17 heavy (non-hydrogen) atoms. The second-order valence-corrected chi connectivity index (χ2v) is 4.12. The van der Waals surface area contributed by atoms with Gasteiger partial charge in [-0.05, 0) is 36.8 Å². The summed E-state index contributed by atoms with van der Waals surface area (Å²) in [4.78, 5) is 3.30. The number of aromatic amines is 1. The van der Waals surface area contributed by atoms with Gasteiger partial charge in [0.15, 0.2) is 0 Å². The van der Waals surface area contributed by atoms with Gasteiger partial charge in [-0.15, -0.1) is 0 Å². The maximum absolute atomic E-state index is 5.12. The van der Waals surface area contributed by atoms with Crippen LogP contribution in [0.3, 0.4) is 0 Å². The van der Waals surface area contributed by atoms with E-state index in [0.717, 1.165) is 18.8 Å². The molecule has 0 aliphatic heterocycles. The Morgan fingerprint density at radius 1 is 1.06 bits per heavy atom. The number of rotatable bonds is 5. The fourth-order valence-corrected chi connectivity index (χ4v) is 1.75. The highest BCUT2D eigenvalue weighted by molar-refractivity contribution is 5.27. The zero-order valence-electron chi connectivity index (χ0n) is 10.3. The van der Waals surface area contributed by atoms with Gasteiger partial charge in [-0.25, -0.2) is 0 Å². The van der Waals surface area contributed by atoms with Gasteiger partial charge in [0.25, 0.3) is 0 Å². The van der Waals surface area contributed by atoms with Crippen LogP contribution in [0, 0.1) is 6.92 Å². The summed E-state index contributed by atoms with van der Waals surface area (Å²) in [6.45, 7) is 3.79. The van der Waals surface area contributed by atoms with Crippen LogP contribution in [-0.4, -0.2) is 12.1 Å². The minimum atomic E-state index is 0.861. The maximum Gasteiger partial charge on any atom is 0.118 e. The average molecular weight is 230 g/mol. The first-order valence-corrected chi connectivity index (χ1v) is 5.76. The van der Waals surface area contributed by atoms with Gasteiger partial charge in [-0.2, -0.15) is 0 Å². The zero-order chi connectivity index (χ0) is 12.1. The summed E-state index contributed by atoms with van der Waals surface area (Å²) >= 11 is 0. The molecule has 0 spiro atoms. The molecule has 1 aromatic carbocycles. The summed E-state index contributed by atoms with van der Waals surface area (Å²) in [5, 5.41) is 3.40. The molecule has 2 N–H and O–H groups in total. The molecule has 0 aliphatic carbocycles. The van der Waals surface area contributed by atoms with Crippen molar-refractivity contribution in [2.24, 2.45) is 0 Å². The lowest BCUT2D eigenvalue weighted by atomic mass is 10.2. The largest absolute Gasteiger partial charge is 0.497 e. The third-order valence-corrected chi connectivity index (χ3v) is 2.70. The molecular formula is C14H18N2O. The van der Waals surface area contributed by atoms with Crippen LogP contribution in [0.1, 0.15) is 17.0 Å². The lowest BCUT2D eigenvalue weighted by molar-refractivity contribution is 0.414. The van der Waals surface area contributed by atoms with Gasteiger partial charge in [0, 0.05) is 24.5 Å². The minimum Gasteiger partial charge on any atom is -0.497 e. The van der Waals surface area contributed by atoms with Crippen molar-refractivity contribution in [2.45, 2.75) is 20.0 Å². The van der Waals surface area contributed by atoms with Gasteiger partial charge in [-0.3, -0.25) is 0 Å². The molecular weight excluding hydrogens is 212 g/mol. The molecule has 1 heterocycles. The molecule has 3 heteroatoms. The zero-order valence-corrected chi connectivity index (χ0v) is 10.3. The standard InChI is InChI=1S/C14H18N2O/c1-11-3-6-13(16-11)10-15-9-12-4-7-14(17-2)8-5-12/h3-8,15-16H,9-10H2,1-2H3. The lowest BCUT2D eigenvalue weighted by Gasteiger charge is -2.05. The number of aromatic nitrogens is 1. The summed E-state index contributed by atoms with van der Waals surface area (Å²) < 4.78 is 5.12. The van der Waals surface area contributed by atoms with Gasteiger partial charge < -0.3 is 15.0 Å². The van der Waals surface area contributed by atoms with Gasteiger partial charge in [-0.1, -0.05) is 12.1 Å². The van der Waals surface area contributed by atoms with Gasteiger partial charge in [0.05, 0.1) is 7.11 Å². The van der Waals surface area contributed by atoms with E-state index in [9.17, 15) is 0 Å². The fourth-order valence-electron chi connectivity index (χ4n) is 1.75. The summed E-state index contributed by atoms with van der Waals surface area (Å²) in [6.07, 6.45) is 0. The van der Waals surface area contributed by atoms with Gasteiger partial charge >= 0.3 is 0 Å². The Balaban J connectivity index is 1.81. The first-order valence-electron chi connectivity index (χ1n) is 5.76. The number of benzene rings is 1. The quantitative estimate of drug-likeness (QED) is 0.828. The normalized spacial score (nSPS) is 10.5. The molecule has 0 bridgehead atoms. The fraction of sp³-hybridized carbons (Fsp3) is 0.286. The second kappa shape index (κ2) is 5.55. The smallest absolute Gasteiger partial charge is 0.118 e. The monoisotopic (exact) mass is 230 g/mol. The van der Waals surface area contributed by atoms with Crippen molar-refractivity contribution in [3.8, 4) is 5.75 Å². The van der Waals surface area contributed by atoms with Crippen molar-refractivity contribution in [1.29, 1.82) is 0 Å². The molecule has 0 saturated carbocycles. The van der Waals surface area contributed by atoms with Crippen molar-refractivity contribution in [2.75, 3.05) is 7.11 Å². The average Bonchev–Trinajstić information content (AvgIpc) is 2.76. The Hall–Kier alpha value is -1.74. The van der Waals surface area contributed by atoms with E-state index in [0.29, 0.717) is 0 Å². The van der Waals surface area contributed by atoms with Crippen LogP contribution in [0.4, 0.5) is 0 Å². The molecule has 0 atom stereocenters. The minimum absolute atomic E-state index is 0.861. The van der Waals surface area contributed by atoms with Crippen molar-refractivity contribution >= 4 is 0 Å². The van der Waals surface area contributed by atoms with Gasteiger partial charge in [0.2, 0.25) is 0 Å². The Morgan fingerprint density at radius 3 is 2.41 bits per heavy atom. The number of H-pyrrole nitrogens is 1. The van der Waals surface area contributed by atoms with Crippen molar-refractivity contribution < 1.29 is 4.74 Å². The highest BCUT2D eigenvalue weighted by Gasteiger charge is 1.96. The Morgan fingerprint density at radius 2 is 1.82 bits per heavy atom. The third kappa shape index (κ3) is 3.36. The molecule has 2 rings (SSSR count). The second-order valence-electron chi connectivity index (χ2n) is 4.12. The van der Waals surface area contributed by atoms with Crippen molar-refractivity contribution in [3.63, 3.8) is 0 Å². The van der Waals surface area contributed by atoms with Crippen LogP contribution in [-0.2, 0) is 13.1 Å². The number of hydrogen-bond acceptors (Lipinski definition) is 2. The van der Waals surface area contributed by atoms with E-state index in [1.807, 2.05) is 12.1 Å². The van der Waals surface area contributed by atoms with Crippen LogP contribution in [0.15, 0.2) is 36.4 Å². The number of hydrogen-bond donors (Lipinski definition) is 2. The molecule has 1 aromatic heterocycles. The van der Waals surface area contributed by atoms with E-state index in [4.69, 9.17) is 4.74 Å². The number of methoxy groups -OCH3 is 1. The van der Waals surface area contributed by atoms with E-state index in [2.05, 4.69) is 41.5 Å². The highest BCUT2D eigenvalue weighted by atomic mass is 16.5. The number of aryl methyl sites for hydroxylation is 1. The Labute approximate surface area is 102 Å². The van der Waals surface area contributed by atoms with Crippen LogP contribution in [0.25, 0.3) is 0 Å². The predicted molar refractivity (Wildman–Crippen MR) is 69.1 cm³/mol. The third-order valence-electron chi connectivity index (χ3n) is 2.70. The summed E-state index contributed by atoms with van der Waals surface area (Å²) in [7, 11) is 1.68. The molecule has 2 aromatic rings. The van der Waals surface area contributed by atoms with Crippen LogP contribution in [0.5, 0.6) is 5.75 Å². The molecule has 3 nitrogen and oxygen atoms in total. The molecule has 0 unspecified atom stereocenters. The summed E-state index contributed by atoms with van der Waals surface area (Å²) in [5.41, 5.74) is 3.68. The number of nitrogens with one attached hydrogen (secondary N) is 2.